The van der Waals surface area contributed by atoms with E-state index in [1.165, 1.54) is 10.9 Å². The molecule has 0 aliphatic carbocycles. The third-order valence-corrected chi connectivity index (χ3v) is 3.45. The fraction of sp³-hybridized carbons (Fsp3) is 0.0588. The normalized spacial score (nSPS) is 12.3. The summed E-state index contributed by atoms with van der Waals surface area (Å²) in [6.45, 7) is 2.09. The topological polar surface area (TPSA) is 18.5 Å². The summed E-state index contributed by atoms with van der Waals surface area (Å²) in [6.07, 6.45) is 0. The van der Waals surface area contributed by atoms with Gasteiger partial charge in [0.15, 0.2) is 23.0 Å². The SMILES string of the molecule is Cc1cc2c(c3ccccc13)Oc1ccccc1O2. The van der Waals surface area contributed by atoms with Crippen molar-refractivity contribution in [3.05, 3.63) is 60.2 Å². The Labute approximate surface area is 111 Å². The number of rotatable bonds is 0. The highest BCUT2D eigenvalue weighted by Crippen LogP contribution is 2.48. The van der Waals surface area contributed by atoms with E-state index in [1.54, 1.807) is 0 Å². The van der Waals surface area contributed by atoms with E-state index in [0.29, 0.717) is 0 Å². The number of hydrogen-bond acceptors (Lipinski definition) is 2. The van der Waals surface area contributed by atoms with Crippen LogP contribution in [0.15, 0.2) is 54.6 Å². The summed E-state index contributed by atoms with van der Waals surface area (Å²) in [4.78, 5) is 0. The minimum Gasteiger partial charge on any atom is -0.449 e. The lowest BCUT2D eigenvalue weighted by atomic mass is 10.0. The summed E-state index contributed by atoms with van der Waals surface area (Å²) >= 11 is 0. The summed E-state index contributed by atoms with van der Waals surface area (Å²) in [7, 11) is 0. The van der Waals surface area contributed by atoms with Crippen molar-refractivity contribution in [3.63, 3.8) is 0 Å². The number of fused-ring (bicyclic) bond motifs is 4. The second-order valence-corrected chi connectivity index (χ2v) is 4.72. The van der Waals surface area contributed by atoms with Crippen molar-refractivity contribution in [2.24, 2.45) is 0 Å². The van der Waals surface area contributed by atoms with Crippen molar-refractivity contribution in [2.75, 3.05) is 0 Å². The molecule has 1 aliphatic rings. The largest absolute Gasteiger partial charge is 0.449 e. The molecule has 1 heterocycles. The molecule has 0 unspecified atom stereocenters. The molecule has 0 saturated heterocycles. The number of hydrogen-bond donors (Lipinski definition) is 0. The van der Waals surface area contributed by atoms with Crippen LogP contribution in [0, 0.1) is 6.92 Å². The molecule has 3 aromatic carbocycles. The van der Waals surface area contributed by atoms with Gasteiger partial charge in [0.05, 0.1) is 0 Å². The standard InChI is InChI=1S/C17H12O2/c1-11-10-16-17(13-7-3-2-6-12(11)13)19-15-9-5-4-8-14(15)18-16/h2-10H,1H3. The highest BCUT2D eigenvalue weighted by molar-refractivity contribution is 5.94. The second kappa shape index (κ2) is 3.75. The quantitative estimate of drug-likeness (QED) is 0.433. The van der Waals surface area contributed by atoms with Gasteiger partial charge < -0.3 is 9.47 Å². The van der Waals surface area contributed by atoms with Gasteiger partial charge in [-0.2, -0.15) is 0 Å². The van der Waals surface area contributed by atoms with E-state index in [0.717, 1.165) is 28.4 Å². The zero-order valence-electron chi connectivity index (χ0n) is 10.5. The first-order chi connectivity index (χ1) is 9.33. The minimum atomic E-state index is 0.768. The lowest BCUT2D eigenvalue weighted by Gasteiger charge is -2.22. The highest BCUT2D eigenvalue weighted by atomic mass is 16.6. The lowest BCUT2D eigenvalue weighted by Crippen LogP contribution is -2.00. The highest BCUT2D eigenvalue weighted by Gasteiger charge is 2.21. The van der Waals surface area contributed by atoms with Gasteiger partial charge in [0.2, 0.25) is 0 Å². The Morgan fingerprint density at radius 1 is 0.684 bits per heavy atom. The average molecular weight is 248 g/mol. The van der Waals surface area contributed by atoms with Crippen LogP contribution < -0.4 is 9.47 Å². The molecule has 0 fully saturated rings. The summed E-state index contributed by atoms with van der Waals surface area (Å²) in [5.41, 5.74) is 1.19. The fourth-order valence-electron chi connectivity index (χ4n) is 2.53. The molecule has 3 aromatic rings. The first-order valence-electron chi connectivity index (χ1n) is 6.30. The van der Waals surface area contributed by atoms with Gasteiger partial charge in [0.1, 0.15) is 0 Å². The van der Waals surface area contributed by atoms with Crippen LogP contribution in [0.4, 0.5) is 0 Å². The number of para-hydroxylation sites is 2. The molecule has 0 spiro atoms. The molecule has 0 saturated carbocycles. The summed E-state index contributed by atoms with van der Waals surface area (Å²) in [5, 5.41) is 2.29. The third-order valence-electron chi connectivity index (χ3n) is 3.45. The summed E-state index contributed by atoms with van der Waals surface area (Å²) < 4.78 is 12.0. The maximum absolute atomic E-state index is 6.02. The van der Waals surface area contributed by atoms with Crippen molar-refractivity contribution in [2.45, 2.75) is 6.92 Å². The van der Waals surface area contributed by atoms with Crippen molar-refractivity contribution in [1.82, 2.24) is 0 Å². The zero-order chi connectivity index (χ0) is 12.8. The Bertz CT molecular complexity index is 790. The van der Waals surface area contributed by atoms with E-state index in [2.05, 4.69) is 19.1 Å². The van der Waals surface area contributed by atoms with Gasteiger partial charge in [0, 0.05) is 5.39 Å². The second-order valence-electron chi connectivity index (χ2n) is 4.72. The Balaban J connectivity index is 2.01. The molecule has 2 heteroatoms. The van der Waals surface area contributed by atoms with Gasteiger partial charge in [-0.15, -0.1) is 0 Å². The number of benzene rings is 3. The molecule has 0 N–H and O–H groups in total. The Morgan fingerprint density at radius 2 is 1.32 bits per heavy atom. The van der Waals surface area contributed by atoms with Crippen LogP contribution >= 0.6 is 0 Å². The van der Waals surface area contributed by atoms with Crippen LogP contribution in [-0.4, -0.2) is 0 Å². The summed E-state index contributed by atoms with van der Waals surface area (Å²) in [5.74, 6) is 3.13. The first-order valence-corrected chi connectivity index (χ1v) is 6.30. The van der Waals surface area contributed by atoms with E-state index >= 15 is 0 Å². The molecule has 2 nitrogen and oxygen atoms in total. The first kappa shape index (κ1) is 10.4. The van der Waals surface area contributed by atoms with E-state index in [9.17, 15) is 0 Å². The third kappa shape index (κ3) is 1.50. The molecular weight excluding hydrogens is 236 g/mol. The zero-order valence-corrected chi connectivity index (χ0v) is 10.5. The Hall–Kier alpha value is -2.48. The smallest absolute Gasteiger partial charge is 0.177 e. The van der Waals surface area contributed by atoms with Gasteiger partial charge in [-0.1, -0.05) is 36.4 Å². The van der Waals surface area contributed by atoms with Crippen molar-refractivity contribution < 1.29 is 9.47 Å². The molecule has 0 aromatic heterocycles. The van der Waals surface area contributed by atoms with Crippen LogP contribution in [-0.2, 0) is 0 Å². The molecule has 0 atom stereocenters. The predicted molar refractivity (Wildman–Crippen MR) is 75.3 cm³/mol. The van der Waals surface area contributed by atoms with E-state index in [1.807, 2.05) is 42.5 Å². The predicted octanol–water partition coefficient (Wildman–Crippen LogP) is 5.05. The van der Waals surface area contributed by atoms with Crippen LogP contribution in [0.25, 0.3) is 10.8 Å². The molecule has 0 radical (unpaired) electrons. The van der Waals surface area contributed by atoms with E-state index in [4.69, 9.17) is 9.47 Å². The molecule has 19 heavy (non-hydrogen) atoms. The Kier molecular flexibility index (Phi) is 2.06. The fourth-order valence-corrected chi connectivity index (χ4v) is 2.53. The van der Waals surface area contributed by atoms with Gasteiger partial charge in [0.25, 0.3) is 0 Å². The average Bonchev–Trinajstić information content (AvgIpc) is 2.46. The van der Waals surface area contributed by atoms with E-state index < -0.39 is 0 Å². The van der Waals surface area contributed by atoms with Crippen molar-refractivity contribution in [1.29, 1.82) is 0 Å². The minimum absolute atomic E-state index is 0.768. The molecule has 1 aliphatic heterocycles. The van der Waals surface area contributed by atoms with Crippen LogP contribution in [0.3, 0.4) is 0 Å². The van der Waals surface area contributed by atoms with Gasteiger partial charge in [-0.3, -0.25) is 0 Å². The maximum Gasteiger partial charge on any atom is 0.177 e. The molecule has 0 bridgehead atoms. The summed E-state index contributed by atoms with van der Waals surface area (Å²) in [6, 6.07) is 18.0. The number of aryl methyl sites for hydroxylation is 1. The molecule has 0 amide bonds. The van der Waals surface area contributed by atoms with E-state index in [-0.39, 0.29) is 0 Å². The van der Waals surface area contributed by atoms with Crippen molar-refractivity contribution >= 4 is 10.8 Å². The van der Waals surface area contributed by atoms with Gasteiger partial charge in [-0.25, -0.2) is 0 Å². The monoisotopic (exact) mass is 248 g/mol. The van der Waals surface area contributed by atoms with Crippen molar-refractivity contribution in [3.8, 4) is 23.0 Å². The van der Waals surface area contributed by atoms with Crippen LogP contribution in [0.1, 0.15) is 5.56 Å². The molecule has 92 valence electrons. The molecule has 4 rings (SSSR count). The maximum atomic E-state index is 6.02. The van der Waals surface area contributed by atoms with Gasteiger partial charge in [-0.05, 0) is 36.1 Å². The number of ether oxygens (including phenoxy) is 2. The lowest BCUT2D eigenvalue weighted by molar-refractivity contribution is 0.363. The van der Waals surface area contributed by atoms with Crippen LogP contribution in [0.5, 0.6) is 23.0 Å². The Morgan fingerprint density at radius 3 is 2.11 bits per heavy atom. The molecular formula is C17H12O2. The van der Waals surface area contributed by atoms with Gasteiger partial charge >= 0.3 is 0 Å². The van der Waals surface area contributed by atoms with Crippen LogP contribution in [0.2, 0.25) is 0 Å².